The molecule has 0 unspecified atom stereocenters. The van der Waals surface area contributed by atoms with Crippen molar-refractivity contribution in [1.82, 2.24) is 0 Å². The Morgan fingerprint density at radius 2 is 1.02 bits per heavy atom. The van der Waals surface area contributed by atoms with Crippen LogP contribution in [0.15, 0.2) is 120 Å². The minimum absolute atomic E-state index is 0.443. The zero-order valence-electron chi connectivity index (χ0n) is 23.3. The van der Waals surface area contributed by atoms with E-state index in [4.69, 9.17) is 13.7 Å². The molecular formula is C36H31BO3. The van der Waals surface area contributed by atoms with Crippen LogP contribution in [-0.4, -0.2) is 18.3 Å². The minimum Gasteiger partial charge on any atom is -0.455 e. The van der Waals surface area contributed by atoms with E-state index in [0.29, 0.717) is 0 Å². The summed E-state index contributed by atoms with van der Waals surface area (Å²) in [5.41, 5.74) is 8.51. The van der Waals surface area contributed by atoms with Crippen LogP contribution in [0.25, 0.3) is 55.3 Å². The van der Waals surface area contributed by atoms with Crippen molar-refractivity contribution in [3.05, 3.63) is 115 Å². The van der Waals surface area contributed by atoms with E-state index in [9.17, 15) is 0 Å². The number of hydrogen-bond donors (Lipinski definition) is 0. The standard InChI is InChI=1S/C36H31BO3/c1-35(2)36(3,4)40-37(39-35)31-23-22-27(25-16-9-6-10-17-25)34-32(31)30-21-13-20-29(33(30)38-34)28-19-12-11-18-26(28)24-14-7-5-8-15-24/h5-23H,1-4H3. The Morgan fingerprint density at radius 1 is 0.475 bits per heavy atom. The maximum atomic E-state index is 6.91. The molecule has 0 atom stereocenters. The summed E-state index contributed by atoms with van der Waals surface area (Å²) in [5.74, 6) is 0. The molecule has 5 aromatic carbocycles. The van der Waals surface area contributed by atoms with Gasteiger partial charge in [0, 0.05) is 21.9 Å². The Balaban J connectivity index is 1.52. The third-order valence-electron chi connectivity index (χ3n) is 8.57. The summed E-state index contributed by atoms with van der Waals surface area (Å²) in [6.45, 7) is 8.37. The van der Waals surface area contributed by atoms with Gasteiger partial charge in [-0.25, -0.2) is 0 Å². The van der Waals surface area contributed by atoms with Gasteiger partial charge in [0.05, 0.1) is 11.2 Å². The molecule has 6 aromatic rings. The summed E-state index contributed by atoms with van der Waals surface area (Å²) in [6, 6.07) is 40.2. The highest BCUT2D eigenvalue weighted by atomic mass is 16.7. The smallest absolute Gasteiger partial charge is 0.455 e. The fourth-order valence-electron chi connectivity index (χ4n) is 5.74. The highest BCUT2D eigenvalue weighted by Gasteiger charge is 2.52. The Kier molecular flexibility index (Phi) is 5.74. The second kappa shape index (κ2) is 9.23. The summed E-state index contributed by atoms with van der Waals surface area (Å²) in [6.07, 6.45) is 0. The molecule has 1 saturated heterocycles. The van der Waals surface area contributed by atoms with Crippen molar-refractivity contribution in [2.75, 3.05) is 0 Å². The van der Waals surface area contributed by atoms with Gasteiger partial charge in [-0.15, -0.1) is 0 Å². The van der Waals surface area contributed by atoms with E-state index < -0.39 is 18.3 Å². The monoisotopic (exact) mass is 522 g/mol. The van der Waals surface area contributed by atoms with Crippen LogP contribution in [-0.2, 0) is 9.31 Å². The van der Waals surface area contributed by atoms with Gasteiger partial charge in [-0.2, -0.15) is 0 Å². The maximum Gasteiger partial charge on any atom is 0.495 e. The molecule has 0 radical (unpaired) electrons. The van der Waals surface area contributed by atoms with Crippen LogP contribution in [0.4, 0.5) is 0 Å². The zero-order chi connectivity index (χ0) is 27.5. The summed E-state index contributed by atoms with van der Waals surface area (Å²) in [7, 11) is -0.501. The molecule has 196 valence electrons. The van der Waals surface area contributed by atoms with Gasteiger partial charge in [0.15, 0.2) is 0 Å². The lowest BCUT2D eigenvalue weighted by molar-refractivity contribution is 0.00578. The molecule has 0 spiro atoms. The molecule has 1 aromatic heterocycles. The van der Waals surface area contributed by atoms with E-state index in [0.717, 1.165) is 49.7 Å². The Bertz CT molecular complexity index is 1840. The van der Waals surface area contributed by atoms with Gasteiger partial charge in [0.25, 0.3) is 0 Å². The first-order valence-electron chi connectivity index (χ1n) is 13.9. The zero-order valence-corrected chi connectivity index (χ0v) is 23.3. The second-order valence-corrected chi connectivity index (χ2v) is 11.6. The number of para-hydroxylation sites is 1. The molecule has 1 fully saturated rings. The first kappa shape index (κ1) is 24.9. The van der Waals surface area contributed by atoms with Crippen LogP contribution in [0.2, 0.25) is 0 Å². The third kappa shape index (κ3) is 3.90. The molecule has 40 heavy (non-hydrogen) atoms. The summed E-state index contributed by atoms with van der Waals surface area (Å²) in [4.78, 5) is 0. The summed E-state index contributed by atoms with van der Waals surface area (Å²) >= 11 is 0. The minimum atomic E-state index is -0.501. The Hall–Kier alpha value is -4.12. The van der Waals surface area contributed by atoms with Gasteiger partial charge < -0.3 is 13.7 Å². The van der Waals surface area contributed by atoms with Gasteiger partial charge in [0.2, 0.25) is 0 Å². The van der Waals surface area contributed by atoms with Gasteiger partial charge >= 0.3 is 7.12 Å². The lowest BCUT2D eigenvalue weighted by atomic mass is 9.75. The predicted molar refractivity (Wildman–Crippen MR) is 166 cm³/mol. The highest BCUT2D eigenvalue weighted by Crippen LogP contribution is 2.43. The summed E-state index contributed by atoms with van der Waals surface area (Å²) < 4.78 is 20.0. The molecule has 7 rings (SSSR count). The van der Waals surface area contributed by atoms with E-state index in [2.05, 4.69) is 137 Å². The topological polar surface area (TPSA) is 31.6 Å². The summed E-state index contributed by atoms with van der Waals surface area (Å²) in [5, 5.41) is 2.09. The average Bonchev–Trinajstić information content (AvgIpc) is 3.47. The number of benzene rings is 5. The van der Waals surface area contributed by atoms with E-state index >= 15 is 0 Å². The van der Waals surface area contributed by atoms with Crippen LogP contribution < -0.4 is 5.46 Å². The van der Waals surface area contributed by atoms with Gasteiger partial charge in [-0.05, 0) is 55.4 Å². The third-order valence-corrected chi connectivity index (χ3v) is 8.57. The lowest BCUT2D eigenvalue weighted by Gasteiger charge is -2.32. The van der Waals surface area contributed by atoms with Gasteiger partial charge in [-0.1, -0.05) is 115 Å². The van der Waals surface area contributed by atoms with Crippen LogP contribution in [0.5, 0.6) is 0 Å². The molecule has 1 aliphatic heterocycles. The van der Waals surface area contributed by atoms with E-state index in [1.165, 1.54) is 11.1 Å². The molecule has 4 heteroatoms. The number of fused-ring (bicyclic) bond motifs is 3. The van der Waals surface area contributed by atoms with Crippen LogP contribution in [0, 0.1) is 0 Å². The average molecular weight is 522 g/mol. The van der Waals surface area contributed by atoms with Crippen molar-refractivity contribution in [2.24, 2.45) is 0 Å². The van der Waals surface area contributed by atoms with Crippen molar-refractivity contribution < 1.29 is 13.7 Å². The number of furan rings is 1. The quantitative estimate of drug-likeness (QED) is 0.217. The first-order valence-corrected chi connectivity index (χ1v) is 13.9. The van der Waals surface area contributed by atoms with Crippen LogP contribution >= 0.6 is 0 Å². The molecule has 0 amide bonds. The second-order valence-electron chi connectivity index (χ2n) is 11.6. The SMILES string of the molecule is CC1(C)OB(c2ccc(-c3ccccc3)c3oc4c(-c5ccccc5-c5ccccc5)cccc4c23)OC1(C)C. The Morgan fingerprint density at radius 3 is 1.68 bits per heavy atom. The Labute approximate surface area is 235 Å². The van der Waals surface area contributed by atoms with E-state index in [-0.39, 0.29) is 0 Å². The number of rotatable bonds is 4. The van der Waals surface area contributed by atoms with Crippen molar-refractivity contribution >= 4 is 34.5 Å². The van der Waals surface area contributed by atoms with Crippen LogP contribution in [0.1, 0.15) is 27.7 Å². The van der Waals surface area contributed by atoms with Crippen LogP contribution in [0.3, 0.4) is 0 Å². The van der Waals surface area contributed by atoms with Gasteiger partial charge in [0.1, 0.15) is 11.2 Å². The molecule has 0 N–H and O–H groups in total. The van der Waals surface area contributed by atoms with Crippen molar-refractivity contribution in [2.45, 2.75) is 38.9 Å². The van der Waals surface area contributed by atoms with E-state index in [1.54, 1.807) is 0 Å². The van der Waals surface area contributed by atoms with Crippen molar-refractivity contribution in [3.8, 4) is 33.4 Å². The van der Waals surface area contributed by atoms with Crippen molar-refractivity contribution in [1.29, 1.82) is 0 Å². The van der Waals surface area contributed by atoms with Gasteiger partial charge in [-0.3, -0.25) is 0 Å². The molecule has 0 saturated carbocycles. The lowest BCUT2D eigenvalue weighted by Crippen LogP contribution is -2.41. The largest absolute Gasteiger partial charge is 0.495 e. The predicted octanol–water partition coefficient (Wildman–Crippen LogP) is 8.89. The van der Waals surface area contributed by atoms with Crippen molar-refractivity contribution in [3.63, 3.8) is 0 Å². The maximum absolute atomic E-state index is 6.91. The number of hydrogen-bond acceptors (Lipinski definition) is 3. The molecule has 1 aliphatic rings. The molecule has 0 bridgehead atoms. The first-order chi connectivity index (χ1) is 19.3. The fourth-order valence-corrected chi connectivity index (χ4v) is 5.74. The van der Waals surface area contributed by atoms with E-state index in [1.807, 2.05) is 6.07 Å². The molecular weight excluding hydrogens is 491 g/mol. The normalized spacial score (nSPS) is 16.1. The molecule has 3 nitrogen and oxygen atoms in total. The molecule has 0 aliphatic carbocycles. The highest BCUT2D eigenvalue weighted by molar-refractivity contribution is 6.66. The fraction of sp³-hybridized carbons (Fsp3) is 0.167. The molecule has 2 heterocycles.